The highest BCUT2D eigenvalue weighted by molar-refractivity contribution is 6.05. The van der Waals surface area contributed by atoms with Gasteiger partial charge in [0.2, 0.25) is 6.79 Å². The van der Waals surface area contributed by atoms with Crippen LogP contribution < -0.4 is 19.1 Å². The summed E-state index contributed by atoms with van der Waals surface area (Å²) in [5, 5.41) is 12.4. The van der Waals surface area contributed by atoms with E-state index in [9.17, 15) is 9.90 Å². The lowest BCUT2D eigenvalue weighted by molar-refractivity contribution is -0.117. The molecule has 0 spiro atoms. The van der Waals surface area contributed by atoms with Crippen molar-refractivity contribution in [3.63, 3.8) is 0 Å². The Balaban J connectivity index is 1.82. The Morgan fingerprint density at radius 1 is 1.17 bits per heavy atom. The maximum atomic E-state index is 12.1. The maximum absolute atomic E-state index is 12.1. The molecule has 0 saturated carbocycles. The summed E-state index contributed by atoms with van der Waals surface area (Å²) in [6.45, 7) is 1.81. The van der Waals surface area contributed by atoms with Crippen LogP contribution in [0.5, 0.6) is 23.0 Å². The van der Waals surface area contributed by atoms with Crippen molar-refractivity contribution in [3.05, 3.63) is 42.0 Å². The largest absolute Gasteiger partial charge is 0.504 e. The van der Waals surface area contributed by atoms with Crippen molar-refractivity contribution in [1.29, 1.82) is 0 Å². The molecule has 6 heteroatoms. The first-order valence-electron chi connectivity index (χ1n) is 9.48. The molecule has 0 bridgehead atoms. The first kappa shape index (κ1) is 17.7. The minimum absolute atomic E-state index is 0.0702. The fraction of sp³-hybridized carbons (Fsp3) is 0.261. The lowest BCUT2D eigenvalue weighted by Gasteiger charge is -2.38. The molecule has 29 heavy (non-hydrogen) atoms. The average Bonchev–Trinajstić information content (AvgIpc) is 3.15. The van der Waals surface area contributed by atoms with Gasteiger partial charge < -0.3 is 24.2 Å². The zero-order chi connectivity index (χ0) is 20.3. The molecule has 0 fully saturated rings. The topological polar surface area (TPSA) is 68.2 Å². The van der Waals surface area contributed by atoms with E-state index in [0.29, 0.717) is 12.2 Å². The van der Waals surface area contributed by atoms with Crippen LogP contribution in [0, 0.1) is 0 Å². The van der Waals surface area contributed by atoms with E-state index in [1.165, 1.54) is 7.11 Å². The molecule has 0 amide bonds. The van der Waals surface area contributed by atoms with Gasteiger partial charge in [-0.3, -0.25) is 4.79 Å². The third kappa shape index (κ3) is 2.59. The third-order valence-electron chi connectivity index (χ3n) is 5.79. The molecule has 2 heterocycles. The van der Waals surface area contributed by atoms with Crippen LogP contribution in [0.4, 0.5) is 5.69 Å². The smallest absolute Gasteiger partial charge is 0.231 e. The quantitative estimate of drug-likeness (QED) is 0.713. The third-order valence-corrected chi connectivity index (χ3v) is 5.79. The van der Waals surface area contributed by atoms with Gasteiger partial charge in [-0.25, -0.2) is 0 Å². The van der Waals surface area contributed by atoms with Crippen LogP contribution in [0.25, 0.3) is 21.9 Å². The van der Waals surface area contributed by atoms with Crippen LogP contribution >= 0.6 is 0 Å². The summed E-state index contributed by atoms with van der Waals surface area (Å²) >= 11 is 0. The normalized spacial score (nSPS) is 16.5. The van der Waals surface area contributed by atoms with Gasteiger partial charge in [0, 0.05) is 24.4 Å². The van der Waals surface area contributed by atoms with E-state index in [1.807, 2.05) is 25.2 Å². The van der Waals surface area contributed by atoms with Crippen LogP contribution in [-0.2, 0) is 4.79 Å². The zero-order valence-corrected chi connectivity index (χ0v) is 16.5. The molecule has 6 nitrogen and oxygen atoms in total. The van der Waals surface area contributed by atoms with Crippen LogP contribution in [0.3, 0.4) is 0 Å². The highest BCUT2D eigenvalue weighted by Gasteiger charge is 2.33. The van der Waals surface area contributed by atoms with Gasteiger partial charge in [0.05, 0.1) is 18.8 Å². The fourth-order valence-corrected chi connectivity index (χ4v) is 4.44. The van der Waals surface area contributed by atoms with E-state index in [1.54, 1.807) is 13.0 Å². The summed E-state index contributed by atoms with van der Waals surface area (Å²) in [5.74, 6) is 2.02. The number of phenolic OH excluding ortho intramolecular Hbond substituents is 1. The van der Waals surface area contributed by atoms with E-state index in [0.717, 1.165) is 44.6 Å². The first-order chi connectivity index (χ1) is 14.0. The van der Waals surface area contributed by atoms with Gasteiger partial charge in [-0.2, -0.15) is 0 Å². The number of aromatic hydroxyl groups is 1. The number of hydrogen-bond acceptors (Lipinski definition) is 6. The second-order valence-electron chi connectivity index (χ2n) is 7.53. The number of phenols is 1. The Morgan fingerprint density at radius 3 is 2.66 bits per heavy atom. The predicted molar refractivity (Wildman–Crippen MR) is 110 cm³/mol. The number of benzene rings is 3. The van der Waals surface area contributed by atoms with Crippen LogP contribution in [0.1, 0.15) is 24.9 Å². The number of anilines is 1. The predicted octanol–water partition coefficient (Wildman–Crippen LogP) is 4.42. The standard InChI is InChI=1S/C23H21NO5/c1-12(25)6-18-17-8-19(26)20(27-3)10-16(17)14-5-4-13-7-21-22(29-11-28-21)9-15(13)23(14)24(18)2/h4-5,7-10,18,26H,6,11H2,1-3H3/t18-/m0/s1. The summed E-state index contributed by atoms with van der Waals surface area (Å²) in [4.78, 5) is 14.2. The molecule has 2 aliphatic rings. The van der Waals surface area contributed by atoms with Gasteiger partial charge in [0.1, 0.15) is 5.78 Å². The Bertz CT molecular complexity index is 1170. The first-order valence-corrected chi connectivity index (χ1v) is 9.48. The van der Waals surface area contributed by atoms with Gasteiger partial charge in [-0.1, -0.05) is 12.1 Å². The molecule has 0 radical (unpaired) electrons. The molecular weight excluding hydrogens is 370 g/mol. The second kappa shape index (κ2) is 6.30. The molecule has 0 aliphatic carbocycles. The summed E-state index contributed by atoms with van der Waals surface area (Å²) in [5.41, 5.74) is 3.91. The molecule has 0 unspecified atom stereocenters. The van der Waals surface area contributed by atoms with Crippen molar-refractivity contribution in [2.75, 3.05) is 25.9 Å². The molecule has 3 aromatic rings. The Kier molecular flexibility index (Phi) is 3.84. The molecule has 0 saturated heterocycles. The summed E-state index contributed by atoms with van der Waals surface area (Å²) in [6, 6.07) is 11.5. The average molecular weight is 391 g/mol. The van der Waals surface area contributed by atoms with Crippen molar-refractivity contribution in [3.8, 4) is 34.1 Å². The summed E-state index contributed by atoms with van der Waals surface area (Å²) in [7, 11) is 3.52. The minimum Gasteiger partial charge on any atom is -0.504 e. The highest BCUT2D eigenvalue weighted by atomic mass is 16.7. The molecule has 5 rings (SSSR count). The number of nitrogens with zero attached hydrogens (tertiary/aromatic N) is 1. The number of ketones is 1. The van der Waals surface area contributed by atoms with Crippen LogP contribution in [0.2, 0.25) is 0 Å². The van der Waals surface area contributed by atoms with Gasteiger partial charge >= 0.3 is 0 Å². The van der Waals surface area contributed by atoms with E-state index in [4.69, 9.17) is 14.2 Å². The highest BCUT2D eigenvalue weighted by Crippen LogP contribution is 2.52. The lowest BCUT2D eigenvalue weighted by atomic mass is 9.84. The maximum Gasteiger partial charge on any atom is 0.231 e. The Labute approximate surface area is 168 Å². The van der Waals surface area contributed by atoms with Gasteiger partial charge in [0.15, 0.2) is 23.0 Å². The minimum atomic E-state index is -0.192. The number of methoxy groups -OCH3 is 1. The lowest BCUT2D eigenvalue weighted by Crippen LogP contribution is -2.30. The summed E-state index contributed by atoms with van der Waals surface area (Å²) < 4.78 is 16.5. The Morgan fingerprint density at radius 2 is 1.93 bits per heavy atom. The van der Waals surface area contributed by atoms with E-state index in [-0.39, 0.29) is 24.4 Å². The SMILES string of the molecule is COc1cc2c(cc1O)[C@H](CC(C)=O)N(C)c1c-2ccc2cc3c(cc12)OCO3. The molecular formula is C23H21NO5. The zero-order valence-electron chi connectivity index (χ0n) is 16.5. The van der Waals surface area contributed by atoms with Crippen molar-refractivity contribution in [2.45, 2.75) is 19.4 Å². The number of hydrogen-bond donors (Lipinski definition) is 1. The second-order valence-corrected chi connectivity index (χ2v) is 7.53. The number of ether oxygens (including phenoxy) is 3. The molecule has 2 aliphatic heterocycles. The summed E-state index contributed by atoms with van der Waals surface area (Å²) in [6.07, 6.45) is 0.343. The molecule has 1 atom stereocenters. The monoisotopic (exact) mass is 391 g/mol. The van der Waals surface area contributed by atoms with Crippen LogP contribution in [0.15, 0.2) is 36.4 Å². The number of carbonyl (C=O) groups is 1. The van der Waals surface area contributed by atoms with E-state index in [2.05, 4.69) is 17.0 Å². The number of fused-ring (bicyclic) bond motifs is 6. The molecule has 0 aromatic heterocycles. The van der Waals surface area contributed by atoms with Crippen molar-refractivity contribution >= 4 is 22.2 Å². The molecule has 148 valence electrons. The van der Waals surface area contributed by atoms with Gasteiger partial charge in [-0.05, 0) is 47.7 Å². The van der Waals surface area contributed by atoms with Crippen molar-refractivity contribution in [1.82, 2.24) is 0 Å². The van der Waals surface area contributed by atoms with E-state index < -0.39 is 0 Å². The van der Waals surface area contributed by atoms with Gasteiger partial charge in [0.25, 0.3) is 0 Å². The van der Waals surface area contributed by atoms with Crippen molar-refractivity contribution in [2.24, 2.45) is 0 Å². The molecule has 1 N–H and O–H groups in total. The van der Waals surface area contributed by atoms with E-state index >= 15 is 0 Å². The Hall–Kier alpha value is -3.41. The van der Waals surface area contributed by atoms with Crippen molar-refractivity contribution < 1.29 is 24.1 Å². The number of Topliss-reactive ketones (excluding diaryl/α,β-unsaturated/α-hetero) is 1. The number of carbonyl (C=O) groups excluding carboxylic acids is 1. The van der Waals surface area contributed by atoms with Gasteiger partial charge in [-0.15, -0.1) is 0 Å². The molecule has 3 aromatic carbocycles. The fourth-order valence-electron chi connectivity index (χ4n) is 4.44. The van der Waals surface area contributed by atoms with Crippen LogP contribution in [-0.4, -0.2) is 31.8 Å². The number of rotatable bonds is 3.